The molecule has 4 N–H and O–H groups in total. The molecule has 136 valence electrons. The van der Waals surface area contributed by atoms with Crippen molar-refractivity contribution in [2.24, 2.45) is 12.8 Å². The highest BCUT2D eigenvalue weighted by Crippen LogP contribution is 2.36. The first-order valence-corrected chi connectivity index (χ1v) is 8.02. The van der Waals surface area contributed by atoms with Crippen molar-refractivity contribution in [2.75, 3.05) is 6.61 Å². The van der Waals surface area contributed by atoms with Crippen LogP contribution in [0.1, 0.15) is 10.5 Å². The summed E-state index contributed by atoms with van der Waals surface area (Å²) >= 11 is 0. The fourth-order valence-corrected chi connectivity index (χ4v) is 3.10. The maximum atomic E-state index is 11.7. The third-order valence-electron chi connectivity index (χ3n) is 4.29. The van der Waals surface area contributed by atoms with E-state index in [0.717, 1.165) is 27.4 Å². The summed E-state index contributed by atoms with van der Waals surface area (Å²) in [5.74, 6) is -1.26. The molecule has 0 radical (unpaired) electrons. The Morgan fingerprint density at radius 1 is 1.26 bits per heavy atom. The van der Waals surface area contributed by atoms with Crippen LogP contribution < -0.4 is 10.5 Å². The van der Waals surface area contributed by atoms with Gasteiger partial charge in [0.1, 0.15) is 11.4 Å². The molecule has 0 fully saturated rings. The van der Waals surface area contributed by atoms with Gasteiger partial charge in [-0.05, 0) is 29.8 Å². The smallest absolute Gasteiger partial charge is 0.341 e. The van der Waals surface area contributed by atoms with Gasteiger partial charge < -0.3 is 20.1 Å². The van der Waals surface area contributed by atoms with Gasteiger partial charge in [0.15, 0.2) is 12.3 Å². The largest absolute Gasteiger partial charge is 0.482 e. The molecule has 3 aromatic heterocycles. The summed E-state index contributed by atoms with van der Waals surface area (Å²) in [5.41, 5.74) is 8.47. The number of benzene rings is 1. The molecule has 0 unspecified atom stereocenters. The number of rotatable bonds is 5. The molecule has 0 atom stereocenters. The van der Waals surface area contributed by atoms with Gasteiger partial charge in [-0.2, -0.15) is 5.10 Å². The highest BCUT2D eigenvalue weighted by Gasteiger charge is 2.17. The van der Waals surface area contributed by atoms with Crippen LogP contribution in [0.3, 0.4) is 0 Å². The molecule has 1 amide bonds. The highest BCUT2D eigenvalue weighted by molar-refractivity contribution is 6.06. The molecule has 4 rings (SSSR count). The van der Waals surface area contributed by atoms with E-state index in [0.29, 0.717) is 11.4 Å². The Balaban J connectivity index is 1.94. The monoisotopic (exact) mass is 365 g/mol. The maximum Gasteiger partial charge on any atom is 0.341 e. The molecular formula is C18H15N5O4. The lowest BCUT2D eigenvalue weighted by atomic mass is 10.0. The normalized spacial score (nSPS) is 11.1. The van der Waals surface area contributed by atoms with E-state index < -0.39 is 18.5 Å². The molecule has 4 aromatic rings. The lowest BCUT2D eigenvalue weighted by Crippen LogP contribution is -2.13. The van der Waals surface area contributed by atoms with Crippen LogP contribution in [0.15, 0.2) is 36.7 Å². The predicted octanol–water partition coefficient (Wildman–Crippen LogP) is 1.68. The first kappa shape index (κ1) is 16.6. The Kier molecular flexibility index (Phi) is 3.76. The van der Waals surface area contributed by atoms with Gasteiger partial charge in [-0.3, -0.25) is 9.89 Å². The van der Waals surface area contributed by atoms with Crippen LogP contribution in [-0.4, -0.2) is 43.3 Å². The molecule has 0 saturated carbocycles. The second kappa shape index (κ2) is 6.13. The fraction of sp³-hybridized carbons (Fsp3) is 0.111. The van der Waals surface area contributed by atoms with Crippen LogP contribution in [0.25, 0.3) is 33.1 Å². The van der Waals surface area contributed by atoms with Crippen molar-refractivity contribution >= 4 is 33.8 Å². The van der Waals surface area contributed by atoms with Gasteiger partial charge in [-0.25, -0.2) is 9.78 Å². The van der Waals surface area contributed by atoms with E-state index in [9.17, 15) is 9.59 Å². The number of hydrogen-bond acceptors (Lipinski definition) is 5. The number of carboxylic acid groups (broad SMARTS) is 1. The fourth-order valence-electron chi connectivity index (χ4n) is 3.10. The molecule has 1 aromatic carbocycles. The number of ether oxygens (including phenoxy) is 1. The van der Waals surface area contributed by atoms with Gasteiger partial charge in [0, 0.05) is 35.1 Å². The van der Waals surface area contributed by atoms with Gasteiger partial charge in [0.05, 0.1) is 6.20 Å². The molecule has 0 bridgehead atoms. The van der Waals surface area contributed by atoms with Gasteiger partial charge in [0.25, 0.3) is 5.91 Å². The first-order chi connectivity index (χ1) is 12.9. The average molecular weight is 365 g/mol. The van der Waals surface area contributed by atoms with E-state index in [4.69, 9.17) is 15.6 Å². The van der Waals surface area contributed by atoms with Crippen molar-refractivity contribution in [3.63, 3.8) is 0 Å². The summed E-state index contributed by atoms with van der Waals surface area (Å²) in [4.78, 5) is 26.6. The van der Waals surface area contributed by atoms with Crippen molar-refractivity contribution in [1.82, 2.24) is 19.7 Å². The number of H-pyrrole nitrogens is 1. The van der Waals surface area contributed by atoms with Crippen LogP contribution in [-0.2, 0) is 11.8 Å². The number of amides is 1. The molecule has 3 heterocycles. The highest BCUT2D eigenvalue weighted by atomic mass is 16.5. The number of carbonyl (C=O) groups is 2. The molecular weight excluding hydrogens is 350 g/mol. The Bertz CT molecular complexity index is 1210. The number of aromatic nitrogens is 4. The third kappa shape index (κ3) is 2.84. The van der Waals surface area contributed by atoms with Crippen LogP contribution in [0.2, 0.25) is 0 Å². The van der Waals surface area contributed by atoms with E-state index in [1.165, 1.54) is 0 Å². The number of hydrogen-bond donors (Lipinski definition) is 3. The zero-order valence-corrected chi connectivity index (χ0v) is 14.3. The number of carbonyl (C=O) groups excluding carboxylic acids is 1. The van der Waals surface area contributed by atoms with Crippen LogP contribution >= 0.6 is 0 Å². The molecule has 9 heteroatoms. The van der Waals surface area contributed by atoms with E-state index in [1.807, 2.05) is 23.9 Å². The second-order valence-corrected chi connectivity index (χ2v) is 6.07. The van der Waals surface area contributed by atoms with Crippen molar-refractivity contribution in [1.29, 1.82) is 0 Å². The van der Waals surface area contributed by atoms with Crippen LogP contribution in [0.4, 0.5) is 0 Å². The lowest BCUT2D eigenvalue weighted by molar-refractivity contribution is -0.139. The minimum absolute atomic E-state index is 0.122. The van der Waals surface area contributed by atoms with Crippen molar-refractivity contribution < 1.29 is 19.4 Å². The molecule has 0 spiro atoms. The number of pyridine rings is 1. The minimum atomic E-state index is -1.05. The summed E-state index contributed by atoms with van der Waals surface area (Å²) in [6.07, 6.45) is 3.55. The van der Waals surface area contributed by atoms with Crippen molar-refractivity contribution in [2.45, 2.75) is 0 Å². The molecule has 0 aliphatic rings. The molecule has 0 aliphatic heterocycles. The summed E-state index contributed by atoms with van der Waals surface area (Å²) in [6, 6.07) is 6.95. The number of nitrogens with two attached hydrogens (primary N) is 1. The van der Waals surface area contributed by atoms with Crippen molar-refractivity contribution in [3.8, 4) is 16.9 Å². The second-order valence-electron chi connectivity index (χ2n) is 6.07. The van der Waals surface area contributed by atoms with Gasteiger partial charge >= 0.3 is 5.97 Å². The molecule has 0 saturated heterocycles. The van der Waals surface area contributed by atoms with Gasteiger partial charge in [-0.1, -0.05) is 0 Å². The van der Waals surface area contributed by atoms with E-state index in [-0.39, 0.29) is 5.69 Å². The van der Waals surface area contributed by atoms with Crippen molar-refractivity contribution in [3.05, 3.63) is 42.4 Å². The predicted molar refractivity (Wildman–Crippen MR) is 97.5 cm³/mol. The topological polar surface area (TPSA) is 136 Å². The molecule has 9 nitrogen and oxygen atoms in total. The van der Waals surface area contributed by atoms with Crippen LogP contribution in [0.5, 0.6) is 5.75 Å². The number of nitrogens with one attached hydrogen (secondary N) is 1. The number of carboxylic acids is 1. The van der Waals surface area contributed by atoms with E-state index >= 15 is 0 Å². The Labute approximate surface area is 152 Å². The first-order valence-electron chi connectivity index (χ1n) is 8.02. The zero-order chi connectivity index (χ0) is 19.1. The summed E-state index contributed by atoms with van der Waals surface area (Å²) in [7, 11) is 1.90. The number of aryl methyl sites for hydroxylation is 1. The van der Waals surface area contributed by atoms with Gasteiger partial charge in [0.2, 0.25) is 0 Å². The quantitative estimate of drug-likeness (QED) is 0.492. The Hall–Kier alpha value is -3.88. The Morgan fingerprint density at radius 3 is 2.81 bits per heavy atom. The average Bonchev–Trinajstić information content (AvgIpc) is 3.23. The number of primary amides is 1. The zero-order valence-electron chi connectivity index (χ0n) is 14.3. The summed E-state index contributed by atoms with van der Waals surface area (Å²) < 4.78 is 7.23. The SMILES string of the molecule is Cn1cc(-c2cc(C(N)=O)nc3[nH]ncc23)c2cc(OCC(=O)O)ccc21. The third-order valence-corrected chi connectivity index (χ3v) is 4.29. The summed E-state index contributed by atoms with van der Waals surface area (Å²) in [6.45, 7) is -0.430. The Morgan fingerprint density at radius 2 is 2.07 bits per heavy atom. The minimum Gasteiger partial charge on any atom is -0.482 e. The lowest BCUT2D eigenvalue weighted by Gasteiger charge is -2.06. The van der Waals surface area contributed by atoms with E-state index in [2.05, 4.69) is 15.2 Å². The number of aliphatic carboxylic acids is 1. The molecule has 27 heavy (non-hydrogen) atoms. The number of fused-ring (bicyclic) bond motifs is 2. The summed E-state index contributed by atoms with van der Waals surface area (Å²) in [5, 5.41) is 17.2. The van der Waals surface area contributed by atoms with E-state index in [1.54, 1.807) is 24.4 Å². The van der Waals surface area contributed by atoms with Crippen LogP contribution in [0, 0.1) is 0 Å². The number of nitrogens with zero attached hydrogens (tertiary/aromatic N) is 3. The number of aromatic amines is 1. The van der Waals surface area contributed by atoms with Gasteiger partial charge in [-0.15, -0.1) is 0 Å². The molecule has 0 aliphatic carbocycles. The maximum absolute atomic E-state index is 11.7. The standard InChI is InChI=1S/C18H15N5O4/c1-23-7-13(11-4-9(2-3-15(11)23)27-8-16(24)25)10-5-14(17(19)26)21-18-12(10)6-20-22-18/h2-7H,8H2,1H3,(H2,19,26)(H,24,25)(H,20,21,22).